The van der Waals surface area contributed by atoms with Crippen LogP contribution < -0.4 is 10.9 Å². The van der Waals surface area contributed by atoms with Gasteiger partial charge in [-0.05, 0) is 49.8 Å². The van der Waals surface area contributed by atoms with Crippen molar-refractivity contribution >= 4 is 18.3 Å². The number of aromatic nitrogens is 3. The van der Waals surface area contributed by atoms with Gasteiger partial charge in [0.15, 0.2) is 0 Å². The molecule has 3 N–H and O–H groups in total. The summed E-state index contributed by atoms with van der Waals surface area (Å²) in [6.45, 7) is 2.08. The summed E-state index contributed by atoms with van der Waals surface area (Å²) in [5.74, 6) is 0.440. The number of hydrazine groups is 1. The average Bonchev–Trinajstić information content (AvgIpc) is 2.74. The van der Waals surface area contributed by atoms with Gasteiger partial charge in [-0.15, -0.1) is 0 Å². The smallest absolute Gasteiger partial charge is 0.246 e. The lowest BCUT2D eigenvalue weighted by molar-refractivity contribution is -0.163. The van der Waals surface area contributed by atoms with E-state index in [2.05, 4.69) is 32.7 Å². The number of pyridine rings is 1. The number of hydroxylamine groups is 2. The summed E-state index contributed by atoms with van der Waals surface area (Å²) < 4.78 is 0. The topological polar surface area (TPSA) is 120 Å². The Morgan fingerprint density at radius 2 is 2.04 bits per heavy atom. The van der Waals surface area contributed by atoms with E-state index >= 15 is 0 Å². The van der Waals surface area contributed by atoms with Gasteiger partial charge in [-0.3, -0.25) is 30.6 Å². The summed E-state index contributed by atoms with van der Waals surface area (Å²) in [7, 11) is 0. The van der Waals surface area contributed by atoms with Crippen molar-refractivity contribution in [2.75, 3.05) is 12.0 Å². The predicted octanol–water partition coefficient (Wildman–Crippen LogP) is 2.03. The molecule has 3 rings (SSSR count). The van der Waals surface area contributed by atoms with Gasteiger partial charge >= 0.3 is 0 Å². The molecule has 2 amide bonds. The molecule has 1 aliphatic carbocycles. The number of hydrogen-bond acceptors (Lipinski definition) is 7. The SMILES string of the molecule is C[C@H]1CC[C@](CN(O)C=O)(C(=O)NNc2nccc(-c3ccccn3)n2)CC1. The fourth-order valence-electron chi connectivity index (χ4n) is 3.44. The monoisotopic (exact) mass is 384 g/mol. The third kappa shape index (κ3) is 4.61. The molecule has 0 saturated heterocycles. The lowest BCUT2D eigenvalue weighted by Gasteiger charge is -2.38. The van der Waals surface area contributed by atoms with Gasteiger partial charge in [-0.25, -0.2) is 15.0 Å². The number of nitrogens with zero attached hydrogens (tertiary/aromatic N) is 4. The number of anilines is 1. The standard InChI is InChI=1S/C19H24N6O3/c1-14-5-8-19(9-6-14,12-25(28)13-26)17(27)23-24-18-21-11-7-16(22-18)15-4-2-3-10-20-15/h2-4,7,10-11,13-14,28H,5-6,8-9,12H2,1H3,(H,23,27)(H,21,22,24)/t14-,19-. The second kappa shape index (κ2) is 8.75. The maximum Gasteiger partial charge on any atom is 0.246 e. The van der Waals surface area contributed by atoms with Crippen LogP contribution in [0.2, 0.25) is 0 Å². The zero-order chi connectivity index (χ0) is 20.0. The minimum Gasteiger partial charge on any atom is -0.286 e. The summed E-state index contributed by atoms with van der Waals surface area (Å²) in [6, 6.07) is 7.24. The number of carbonyl (C=O) groups is 2. The van der Waals surface area contributed by atoms with Gasteiger partial charge in [-0.1, -0.05) is 13.0 Å². The largest absolute Gasteiger partial charge is 0.286 e. The third-order valence-electron chi connectivity index (χ3n) is 5.17. The summed E-state index contributed by atoms with van der Waals surface area (Å²) in [5.41, 5.74) is 5.85. The van der Waals surface area contributed by atoms with E-state index in [1.54, 1.807) is 18.5 Å². The van der Waals surface area contributed by atoms with Crippen LogP contribution in [0.3, 0.4) is 0 Å². The molecule has 0 bridgehead atoms. The van der Waals surface area contributed by atoms with Gasteiger partial charge < -0.3 is 0 Å². The van der Waals surface area contributed by atoms with Crippen LogP contribution in [-0.4, -0.2) is 44.1 Å². The molecule has 0 aromatic carbocycles. The Labute approximate surface area is 163 Å². The Hall–Kier alpha value is -3.07. The second-order valence-electron chi connectivity index (χ2n) is 7.23. The lowest BCUT2D eigenvalue weighted by Crippen LogP contribution is -2.51. The van der Waals surface area contributed by atoms with E-state index in [4.69, 9.17) is 0 Å². The van der Waals surface area contributed by atoms with Crippen molar-refractivity contribution in [1.82, 2.24) is 25.4 Å². The van der Waals surface area contributed by atoms with Crippen molar-refractivity contribution < 1.29 is 14.8 Å². The van der Waals surface area contributed by atoms with Crippen LogP contribution in [0.15, 0.2) is 36.7 Å². The van der Waals surface area contributed by atoms with Gasteiger partial charge in [0, 0.05) is 12.4 Å². The molecule has 0 atom stereocenters. The highest BCUT2D eigenvalue weighted by molar-refractivity contribution is 5.84. The van der Waals surface area contributed by atoms with Crippen molar-refractivity contribution in [2.45, 2.75) is 32.6 Å². The molecule has 28 heavy (non-hydrogen) atoms. The minimum absolute atomic E-state index is 0.0500. The van der Waals surface area contributed by atoms with E-state index in [0.29, 0.717) is 41.6 Å². The average molecular weight is 384 g/mol. The molecule has 1 fully saturated rings. The molecule has 9 heteroatoms. The summed E-state index contributed by atoms with van der Waals surface area (Å²) in [6.07, 6.45) is 6.44. The number of rotatable bonds is 7. The van der Waals surface area contributed by atoms with Crippen molar-refractivity contribution in [3.05, 3.63) is 36.7 Å². The Bertz CT molecular complexity index is 808. The van der Waals surface area contributed by atoms with E-state index in [-0.39, 0.29) is 18.4 Å². The van der Waals surface area contributed by atoms with Gasteiger partial charge in [0.25, 0.3) is 0 Å². The highest BCUT2D eigenvalue weighted by atomic mass is 16.5. The third-order valence-corrected chi connectivity index (χ3v) is 5.17. The number of nitrogens with one attached hydrogen (secondary N) is 2. The second-order valence-corrected chi connectivity index (χ2v) is 7.23. The van der Waals surface area contributed by atoms with Crippen LogP contribution in [0.5, 0.6) is 0 Å². The maximum atomic E-state index is 12.9. The zero-order valence-corrected chi connectivity index (χ0v) is 15.7. The molecule has 0 spiro atoms. The van der Waals surface area contributed by atoms with Gasteiger partial charge in [0.2, 0.25) is 18.3 Å². The first kappa shape index (κ1) is 19.7. The molecule has 2 heterocycles. The van der Waals surface area contributed by atoms with Crippen molar-refractivity contribution in [1.29, 1.82) is 0 Å². The van der Waals surface area contributed by atoms with Gasteiger partial charge in [0.05, 0.1) is 23.3 Å². The fourth-order valence-corrected chi connectivity index (χ4v) is 3.44. The van der Waals surface area contributed by atoms with E-state index in [9.17, 15) is 14.8 Å². The maximum absolute atomic E-state index is 12.9. The van der Waals surface area contributed by atoms with Crippen LogP contribution in [0.25, 0.3) is 11.4 Å². The van der Waals surface area contributed by atoms with E-state index in [1.807, 2.05) is 18.2 Å². The van der Waals surface area contributed by atoms with Crippen LogP contribution >= 0.6 is 0 Å². The molecule has 0 unspecified atom stereocenters. The zero-order valence-electron chi connectivity index (χ0n) is 15.7. The van der Waals surface area contributed by atoms with Crippen LogP contribution in [0.1, 0.15) is 32.6 Å². The number of hydrogen-bond donors (Lipinski definition) is 3. The normalized spacial score (nSPS) is 21.6. The highest BCUT2D eigenvalue weighted by Crippen LogP contribution is 2.39. The lowest BCUT2D eigenvalue weighted by atomic mass is 9.70. The van der Waals surface area contributed by atoms with Gasteiger partial charge in [0.1, 0.15) is 0 Å². The quantitative estimate of drug-likeness (QED) is 0.379. The Balaban J connectivity index is 1.70. The van der Waals surface area contributed by atoms with E-state index in [0.717, 1.165) is 12.8 Å². The van der Waals surface area contributed by atoms with E-state index < -0.39 is 5.41 Å². The molecule has 1 saturated carbocycles. The minimum atomic E-state index is -0.853. The molecular formula is C19H24N6O3. The Morgan fingerprint density at radius 3 is 2.71 bits per heavy atom. The number of carbonyl (C=O) groups excluding carboxylic acids is 2. The highest BCUT2D eigenvalue weighted by Gasteiger charge is 2.42. The molecule has 0 aliphatic heterocycles. The molecule has 1 aliphatic rings. The molecular weight excluding hydrogens is 360 g/mol. The summed E-state index contributed by atoms with van der Waals surface area (Å²) in [5, 5.41) is 10.2. The molecule has 2 aromatic rings. The molecule has 2 aromatic heterocycles. The van der Waals surface area contributed by atoms with Crippen molar-refractivity contribution in [3.8, 4) is 11.4 Å². The summed E-state index contributed by atoms with van der Waals surface area (Å²) >= 11 is 0. The first-order valence-electron chi connectivity index (χ1n) is 9.24. The Morgan fingerprint density at radius 1 is 1.25 bits per heavy atom. The van der Waals surface area contributed by atoms with Gasteiger partial charge in [-0.2, -0.15) is 0 Å². The van der Waals surface area contributed by atoms with Crippen LogP contribution in [-0.2, 0) is 9.59 Å². The van der Waals surface area contributed by atoms with Crippen molar-refractivity contribution in [3.63, 3.8) is 0 Å². The molecule has 9 nitrogen and oxygen atoms in total. The first-order chi connectivity index (χ1) is 13.5. The molecule has 148 valence electrons. The number of amides is 2. The van der Waals surface area contributed by atoms with Crippen LogP contribution in [0, 0.1) is 11.3 Å². The van der Waals surface area contributed by atoms with Crippen molar-refractivity contribution in [2.24, 2.45) is 11.3 Å². The Kier molecular flexibility index (Phi) is 6.15. The predicted molar refractivity (Wildman–Crippen MR) is 102 cm³/mol. The molecule has 0 radical (unpaired) electrons. The summed E-state index contributed by atoms with van der Waals surface area (Å²) in [4.78, 5) is 36.5. The fraction of sp³-hybridized carbons (Fsp3) is 0.421. The van der Waals surface area contributed by atoms with Crippen LogP contribution in [0.4, 0.5) is 5.95 Å². The first-order valence-corrected chi connectivity index (χ1v) is 9.24. The van der Waals surface area contributed by atoms with E-state index in [1.165, 1.54) is 0 Å².